The number of urea groups is 1. The highest BCUT2D eigenvalue weighted by atomic mass is 35.5. The number of benzene rings is 2. The molecule has 0 fully saturated rings. The highest BCUT2D eigenvalue weighted by Crippen LogP contribution is 2.25. The standard InChI is InChI=1S/C18H16ClN3O3S/c1-10-3-5-13(11(2)7-10)20-17(24)22-16(23)9-26-18-21-14-8-12(19)4-6-15(14)25-18/h3-8H,9H2,1-2H3,(H2,20,22,23,24). The second-order valence-corrected chi connectivity index (χ2v) is 7.06. The molecule has 0 spiro atoms. The van der Waals surface area contributed by atoms with E-state index in [0.29, 0.717) is 27.0 Å². The zero-order valence-electron chi connectivity index (χ0n) is 14.1. The second kappa shape index (κ2) is 7.80. The third-order valence-electron chi connectivity index (χ3n) is 3.54. The fraction of sp³-hybridized carbons (Fsp3) is 0.167. The van der Waals surface area contributed by atoms with Gasteiger partial charge < -0.3 is 9.73 Å². The molecule has 8 heteroatoms. The van der Waals surface area contributed by atoms with Gasteiger partial charge in [-0.15, -0.1) is 0 Å². The van der Waals surface area contributed by atoms with Crippen molar-refractivity contribution in [3.8, 4) is 0 Å². The zero-order valence-corrected chi connectivity index (χ0v) is 15.7. The highest BCUT2D eigenvalue weighted by molar-refractivity contribution is 7.99. The van der Waals surface area contributed by atoms with Gasteiger partial charge in [0.15, 0.2) is 5.58 Å². The first kappa shape index (κ1) is 18.3. The van der Waals surface area contributed by atoms with Gasteiger partial charge in [-0.2, -0.15) is 0 Å². The lowest BCUT2D eigenvalue weighted by Crippen LogP contribution is -2.35. The van der Waals surface area contributed by atoms with E-state index in [9.17, 15) is 9.59 Å². The maximum atomic E-state index is 11.9. The van der Waals surface area contributed by atoms with Gasteiger partial charge in [0.1, 0.15) is 5.52 Å². The summed E-state index contributed by atoms with van der Waals surface area (Å²) in [5.41, 5.74) is 3.88. The first-order valence-electron chi connectivity index (χ1n) is 7.78. The minimum absolute atomic E-state index is 0.000847. The lowest BCUT2D eigenvalue weighted by molar-refractivity contribution is -0.117. The summed E-state index contributed by atoms with van der Waals surface area (Å²) in [4.78, 5) is 28.1. The van der Waals surface area contributed by atoms with E-state index in [1.807, 2.05) is 26.0 Å². The Kier molecular flexibility index (Phi) is 5.49. The summed E-state index contributed by atoms with van der Waals surface area (Å²) in [5, 5.41) is 5.84. The monoisotopic (exact) mass is 389 g/mol. The van der Waals surface area contributed by atoms with E-state index in [2.05, 4.69) is 15.6 Å². The second-order valence-electron chi connectivity index (χ2n) is 5.70. The number of fused-ring (bicyclic) bond motifs is 1. The van der Waals surface area contributed by atoms with Crippen LogP contribution in [0.2, 0.25) is 5.02 Å². The number of carbonyl (C=O) groups is 2. The van der Waals surface area contributed by atoms with E-state index in [1.165, 1.54) is 0 Å². The molecule has 0 atom stereocenters. The molecule has 0 saturated carbocycles. The van der Waals surface area contributed by atoms with Crippen molar-refractivity contribution in [2.75, 3.05) is 11.1 Å². The first-order valence-corrected chi connectivity index (χ1v) is 9.14. The molecule has 1 heterocycles. The Morgan fingerprint density at radius 3 is 2.77 bits per heavy atom. The summed E-state index contributed by atoms with van der Waals surface area (Å²) >= 11 is 7.00. The number of amides is 3. The fourth-order valence-electron chi connectivity index (χ4n) is 2.34. The Hall–Kier alpha value is -2.51. The third-order valence-corrected chi connectivity index (χ3v) is 4.60. The van der Waals surface area contributed by atoms with Crippen molar-refractivity contribution < 1.29 is 14.0 Å². The lowest BCUT2D eigenvalue weighted by atomic mass is 10.1. The van der Waals surface area contributed by atoms with Crippen molar-refractivity contribution in [2.45, 2.75) is 19.1 Å². The smallest absolute Gasteiger partial charge is 0.325 e. The van der Waals surface area contributed by atoms with E-state index in [1.54, 1.807) is 24.3 Å². The van der Waals surface area contributed by atoms with E-state index < -0.39 is 11.9 Å². The summed E-state index contributed by atoms with van der Waals surface area (Å²) in [6, 6.07) is 10.2. The molecule has 3 amide bonds. The summed E-state index contributed by atoms with van der Waals surface area (Å²) in [6.07, 6.45) is 0. The molecular formula is C18H16ClN3O3S. The highest BCUT2D eigenvalue weighted by Gasteiger charge is 2.13. The number of anilines is 1. The van der Waals surface area contributed by atoms with E-state index in [-0.39, 0.29) is 5.75 Å². The summed E-state index contributed by atoms with van der Waals surface area (Å²) in [6.45, 7) is 3.86. The number of carbonyl (C=O) groups excluding carboxylic acids is 2. The van der Waals surface area contributed by atoms with E-state index in [4.69, 9.17) is 16.0 Å². The molecule has 0 bridgehead atoms. The molecule has 6 nitrogen and oxygen atoms in total. The van der Waals surface area contributed by atoms with Crippen molar-refractivity contribution in [3.05, 3.63) is 52.5 Å². The molecule has 3 rings (SSSR count). The number of imide groups is 1. The largest absolute Gasteiger partial charge is 0.431 e. The molecule has 0 radical (unpaired) electrons. The Morgan fingerprint density at radius 2 is 2.00 bits per heavy atom. The lowest BCUT2D eigenvalue weighted by Gasteiger charge is -2.09. The Bertz CT molecular complexity index is 987. The normalized spacial score (nSPS) is 10.7. The summed E-state index contributed by atoms with van der Waals surface area (Å²) < 4.78 is 5.51. The van der Waals surface area contributed by atoms with Crippen LogP contribution in [-0.2, 0) is 4.79 Å². The van der Waals surface area contributed by atoms with Crippen LogP contribution in [0.5, 0.6) is 0 Å². The van der Waals surface area contributed by atoms with Crippen LogP contribution >= 0.6 is 23.4 Å². The number of aromatic nitrogens is 1. The van der Waals surface area contributed by atoms with Crippen molar-refractivity contribution in [2.24, 2.45) is 0 Å². The molecular weight excluding hydrogens is 374 g/mol. The number of thioether (sulfide) groups is 1. The van der Waals surface area contributed by atoms with Gasteiger partial charge in [0, 0.05) is 10.7 Å². The summed E-state index contributed by atoms with van der Waals surface area (Å²) in [5.74, 6) is -0.446. The topological polar surface area (TPSA) is 84.2 Å². The van der Waals surface area contributed by atoms with Gasteiger partial charge in [-0.3, -0.25) is 10.1 Å². The molecule has 26 heavy (non-hydrogen) atoms. The van der Waals surface area contributed by atoms with Gasteiger partial charge in [-0.1, -0.05) is 41.1 Å². The zero-order chi connectivity index (χ0) is 18.7. The van der Waals surface area contributed by atoms with Crippen LogP contribution in [-0.4, -0.2) is 22.7 Å². The van der Waals surface area contributed by atoms with Crippen molar-refractivity contribution in [1.29, 1.82) is 0 Å². The van der Waals surface area contributed by atoms with Crippen LogP contribution in [0.1, 0.15) is 11.1 Å². The van der Waals surface area contributed by atoms with Crippen molar-refractivity contribution in [1.82, 2.24) is 10.3 Å². The number of rotatable bonds is 4. The summed E-state index contributed by atoms with van der Waals surface area (Å²) in [7, 11) is 0. The SMILES string of the molecule is Cc1ccc(NC(=O)NC(=O)CSc2nc3cc(Cl)ccc3o2)c(C)c1. The molecule has 0 aliphatic carbocycles. The van der Waals surface area contributed by atoms with Gasteiger partial charge >= 0.3 is 6.03 Å². The molecule has 1 aromatic heterocycles. The maximum absolute atomic E-state index is 11.9. The minimum atomic E-state index is -0.577. The quantitative estimate of drug-likeness (QED) is 0.640. The van der Waals surface area contributed by atoms with Gasteiger partial charge in [-0.25, -0.2) is 9.78 Å². The van der Waals surface area contributed by atoms with Crippen LogP contribution in [0.25, 0.3) is 11.1 Å². The van der Waals surface area contributed by atoms with Gasteiger partial charge in [-0.05, 0) is 43.7 Å². The number of hydrogen-bond acceptors (Lipinski definition) is 5. The average Bonchev–Trinajstić information content (AvgIpc) is 2.97. The molecule has 0 saturated heterocycles. The van der Waals surface area contributed by atoms with Gasteiger partial charge in [0.2, 0.25) is 5.91 Å². The molecule has 0 aliphatic rings. The predicted molar refractivity (Wildman–Crippen MR) is 103 cm³/mol. The van der Waals surface area contributed by atoms with E-state index in [0.717, 1.165) is 22.9 Å². The number of halogens is 1. The molecule has 2 N–H and O–H groups in total. The van der Waals surface area contributed by atoms with Crippen LogP contribution < -0.4 is 10.6 Å². The fourth-order valence-corrected chi connectivity index (χ4v) is 3.14. The van der Waals surface area contributed by atoms with Crippen LogP contribution in [0.4, 0.5) is 10.5 Å². The van der Waals surface area contributed by atoms with Crippen molar-refractivity contribution in [3.63, 3.8) is 0 Å². The molecule has 0 aliphatic heterocycles. The minimum Gasteiger partial charge on any atom is -0.431 e. The van der Waals surface area contributed by atoms with E-state index >= 15 is 0 Å². The average molecular weight is 390 g/mol. The number of nitrogens with zero attached hydrogens (tertiary/aromatic N) is 1. The Morgan fingerprint density at radius 1 is 1.19 bits per heavy atom. The number of aryl methyl sites for hydroxylation is 2. The number of hydrogen-bond donors (Lipinski definition) is 2. The van der Waals surface area contributed by atoms with Crippen molar-refractivity contribution >= 4 is 52.1 Å². The molecule has 2 aromatic carbocycles. The van der Waals surface area contributed by atoms with Crippen LogP contribution in [0.3, 0.4) is 0 Å². The van der Waals surface area contributed by atoms with Gasteiger partial charge in [0.05, 0.1) is 5.75 Å². The Labute approximate surface area is 159 Å². The van der Waals surface area contributed by atoms with Gasteiger partial charge in [0.25, 0.3) is 5.22 Å². The molecule has 3 aromatic rings. The predicted octanol–water partition coefficient (Wildman–Crippen LogP) is 4.54. The molecule has 0 unspecified atom stereocenters. The van der Waals surface area contributed by atoms with Crippen LogP contribution in [0, 0.1) is 13.8 Å². The molecule has 134 valence electrons. The number of nitrogens with one attached hydrogen (secondary N) is 2. The first-order chi connectivity index (χ1) is 12.4. The Balaban J connectivity index is 1.53. The third kappa shape index (κ3) is 4.56. The van der Waals surface area contributed by atoms with Crippen LogP contribution in [0.15, 0.2) is 46.0 Å². The maximum Gasteiger partial charge on any atom is 0.325 e. The number of oxazole rings is 1.